The predicted octanol–water partition coefficient (Wildman–Crippen LogP) is 3.01. The molecule has 0 spiro atoms. The summed E-state index contributed by atoms with van der Waals surface area (Å²) >= 11 is 3.45. The lowest BCUT2D eigenvalue weighted by Crippen LogP contribution is -2.26. The third-order valence-corrected chi connectivity index (χ3v) is 6.54. The van der Waals surface area contributed by atoms with Crippen LogP contribution >= 0.6 is 23.5 Å². The van der Waals surface area contributed by atoms with Gasteiger partial charge in [0.05, 0.1) is 10.7 Å². The van der Waals surface area contributed by atoms with Crippen LogP contribution in [0.2, 0.25) is 0 Å². The van der Waals surface area contributed by atoms with Crippen molar-refractivity contribution in [2.75, 3.05) is 19.1 Å². The highest BCUT2D eigenvalue weighted by Gasteiger charge is 2.37. The fraction of sp³-hybridized carbons (Fsp3) is 0.429. The van der Waals surface area contributed by atoms with Gasteiger partial charge in [0.2, 0.25) is 0 Å². The first-order valence-electron chi connectivity index (χ1n) is 6.15. The molecular formula is C14H16O4S2. The molecule has 0 aliphatic carbocycles. The van der Waals surface area contributed by atoms with Gasteiger partial charge in [0, 0.05) is 17.5 Å². The maximum Gasteiger partial charge on any atom is 0.311 e. The summed E-state index contributed by atoms with van der Waals surface area (Å²) in [6.45, 7) is 0.650. The van der Waals surface area contributed by atoms with Gasteiger partial charge < -0.3 is 9.84 Å². The molecule has 1 aliphatic heterocycles. The number of Topliss-reactive ketones (excluding diaryl/α,β-unsaturated/α-hetero) is 1. The fourth-order valence-electron chi connectivity index (χ4n) is 2.30. The normalized spacial score (nSPS) is 16.1. The van der Waals surface area contributed by atoms with Crippen molar-refractivity contribution in [3.05, 3.63) is 29.3 Å². The van der Waals surface area contributed by atoms with Gasteiger partial charge in [0.1, 0.15) is 12.2 Å². The molecule has 1 aliphatic rings. The number of benzene rings is 1. The summed E-state index contributed by atoms with van der Waals surface area (Å²) in [6.07, 6.45) is 4.46. The van der Waals surface area contributed by atoms with Crippen molar-refractivity contribution in [2.45, 2.75) is 16.9 Å². The van der Waals surface area contributed by atoms with Crippen LogP contribution in [0, 0.1) is 0 Å². The number of rotatable bonds is 5. The SMILES string of the molecule is CSC1(SC)CCOc2ccc(C(=O)CC(=O)O)cc21. The molecule has 20 heavy (non-hydrogen) atoms. The standard InChI is InChI=1S/C14H16O4S2/c1-19-14(20-2)5-6-18-12-4-3-9(7-10(12)14)11(15)8-13(16)17/h3-4,7H,5-6,8H2,1-2H3,(H,16,17). The molecule has 0 saturated carbocycles. The van der Waals surface area contributed by atoms with Gasteiger partial charge in [-0.25, -0.2) is 0 Å². The largest absolute Gasteiger partial charge is 0.493 e. The summed E-state index contributed by atoms with van der Waals surface area (Å²) in [5.41, 5.74) is 1.41. The van der Waals surface area contributed by atoms with Crippen LogP contribution in [-0.2, 0) is 8.87 Å². The average Bonchev–Trinajstić information content (AvgIpc) is 2.45. The third-order valence-electron chi connectivity index (χ3n) is 3.37. The van der Waals surface area contributed by atoms with Crippen molar-refractivity contribution in [1.82, 2.24) is 0 Å². The van der Waals surface area contributed by atoms with Gasteiger partial charge in [0.15, 0.2) is 5.78 Å². The van der Waals surface area contributed by atoms with E-state index in [-0.39, 0.29) is 9.86 Å². The fourth-order valence-corrected chi connectivity index (χ4v) is 4.30. The van der Waals surface area contributed by atoms with E-state index in [4.69, 9.17) is 9.84 Å². The molecule has 0 amide bonds. The van der Waals surface area contributed by atoms with Gasteiger partial charge in [-0.05, 0) is 30.7 Å². The van der Waals surface area contributed by atoms with Crippen LogP contribution < -0.4 is 4.74 Å². The van der Waals surface area contributed by atoms with Gasteiger partial charge in [-0.1, -0.05) is 0 Å². The number of carboxylic acids is 1. The van der Waals surface area contributed by atoms with Crippen LogP contribution in [0.5, 0.6) is 5.75 Å². The van der Waals surface area contributed by atoms with E-state index in [9.17, 15) is 9.59 Å². The smallest absolute Gasteiger partial charge is 0.311 e. The Kier molecular flexibility index (Phi) is 4.65. The molecule has 0 atom stereocenters. The van der Waals surface area contributed by atoms with E-state index in [1.165, 1.54) is 0 Å². The van der Waals surface area contributed by atoms with E-state index < -0.39 is 12.4 Å². The van der Waals surface area contributed by atoms with E-state index in [1.54, 1.807) is 41.7 Å². The zero-order valence-electron chi connectivity index (χ0n) is 11.3. The minimum absolute atomic E-state index is 0.132. The maximum absolute atomic E-state index is 11.9. The predicted molar refractivity (Wildman–Crippen MR) is 81.8 cm³/mol. The highest BCUT2D eigenvalue weighted by molar-refractivity contribution is 8.16. The highest BCUT2D eigenvalue weighted by atomic mass is 32.2. The van der Waals surface area contributed by atoms with E-state index >= 15 is 0 Å². The first kappa shape index (κ1) is 15.3. The van der Waals surface area contributed by atoms with Crippen molar-refractivity contribution >= 4 is 35.3 Å². The number of hydrogen-bond donors (Lipinski definition) is 1. The molecule has 108 valence electrons. The molecular weight excluding hydrogens is 296 g/mol. The molecule has 0 saturated heterocycles. The molecule has 1 aromatic rings. The van der Waals surface area contributed by atoms with Crippen molar-refractivity contribution in [3.8, 4) is 5.75 Å². The third kappa shape index (κ3) is 2.81. The highest BCUT2D eigenvalue weighted by Crippen LogP contribution is 2.52. The molecule has 1 heterocycles. The number of ketones is 1. The second kappa shape index (κ2) is 6.10. The number of carbonyl (C=O) groups is 2. The van der Waals surface area contributed by atoms with Gasteiger partial charge in [-0.3, -0.25) is 9.59 Å². The topological polar surface area (TPSA) is 63.6 Å². The molecule has 0 bridgehead atoms. The summed E-state index contributed by atoms with van der Waals surface area (Å²) in [4.78, 5) is 22.6. The Hall–Kier alpha value is -1.14. The quantitative estimate of drug-likeness (QED) is 0.512. The zero-order valence-corrected chi connectivity index (χ0v) is 13.0. The van der Waals surface area contributed by atoms with Gasteiger partial charge in [0.25, 0.3) is 0 Å². The molecule has 2 rings (SSSR count). The van der Waals surface area contributed by atoms with Crippen LogP contribution in [0.1, 0.15) is 28.8 Å². The van der Waals surface area contributed by atoms with Crippen LogP contribution in [0.15, 0.2) is 18.2 Å². The Morgan fingerprint density at radius 3 is 2.65 bits per heavy atom. The number of ether oxygens (including phenoxy) is 1. The second-order valence-corrected chi connectivity index (χ2v) is 6.93. The number of fused-ring (bicyclic) bond motifs is 1. The first-order chi connectivity index (χ1) is 9.52. The number of hydrogen-bond acceptors (Lipinski definition) is 5. The number of aliphatic carboxylic acids is 1. The van der Waals surface area contributed by atoms with Gasteiger partial charge >= 0.3 is 5.97 Å². The second-order valence-electron chi connectivity index (χ2n) is 4.46. The Morgan fingerprint density at radius 1 is 1.35 bits per heavy atom. The molecule has 0 unspecified atom stereocenters. The summed E-state index contributed by atoms with van der Waals surface area (Å²) < 4.78 is 5.51. The Labute approximate surface area is 126 Å². The van der Waals surface area contributed by atoms with Crippen molar-refractivity contribution in [3.63, 3.8) is 0 Å². The number of thioether (sulfide) groups is 2. The average molecular weight is 312 g/mol. The van der Waals surface area contributed by atoms with E-state index in [0.29, 0.717) is 12.2 Å². The van der Waals surface area contributed by atoms with E-state index in [1.807, 2.05) is 12.5 Å². The summed E-state index contributed by atoms with van der Waals surface area (Å²) in [5.74, 6) is -0.696. The van der Waals surface area contributed by atoms with E-state index in [2.05, 4.69) is 0 Å². The minimum atomic E-state index is -1.11. The first-order valence-corrected chi connectivity index (χ1v) is 8.60. The molecule has 1 aromatic carbocycles. The lowest BCUT2D eigenvalue weighted by atomic mass is 9.99. The Morgan fingerprint density at radius 2 is 2.05 bits per heavy atom. The van der Waals surface area contributed by atoms with Gasteiger partial charge in [-0.2, -0.15) is 0 Å². The zero-order chi connectivity index (χ0) is 14.8. The number of carbonyl (C=O) groups excluding carboxylic acids is 1. The van der Waals surface area contributed by atoms with E-state index in [0.717, 1.165) is 17.7 Å². The molecule has 0 aromatic heterocycles. The number of carboxylic acid groups (broad SMARTS) is 1. The minimum Gasteiger partial charge on any atom is -0.493 e. The van der Waals surface area contributed by atoms with Crippen molar-refractivity contribution in [1.29, 1.82) is 0 Å². The Bertz CT molecular complexity index is 538. The van der Waals surface area contributed by atoms with Crippen molar-refractivity contribution < 1.29 is 19.4 Å². The summed E-state index contributed by atoms with van der Waals surface area (Å²) in [5, 5.41) is 8.72. The lowest BCUT2D eigenvalue weighted by molar-refractivity contribution is -0.135. The van der Waals surface area contributed by atoms with Crippen LogP contribution in [-0.4, -0.2) is 36.0 Å². The monoisotopic (exact) mass is 312 g/mol. The summed E-state index contributed by atoms with van der Waals surface area (Å²) in [6, 6.07) is 5.19. The van der Waals surface area contributed by atoms with Crippen LogP contribution in [0.25, 0.3) is 0 Å². The van der Waals surface area contributed by atoms with Crippen molar-refractivity contribution in [2.24, 2.45) is 0 Å². The lowest BCUT2D eigenvalue weighted by Gasteiger charge is -2.36. The maximum atomic E-state index is 11.9. The molecule has 0 fully saturated rings. The summed E-state index contributed by atoms with van der Waals surface area (Å²) in [7, 11) is 0. The molecule has 4 nitrogen and oxygen atoms in total. The molecule has 1 N–H and O–H groups in total. The van der Waals surface area contributed by atoms with Crippen LogP contribution in [0.3, 0.4) is 0 Å². The van der Waals surface area contributed by atoms with Gasteiger partial charge in [-0.15, -0.1) is 23.5 Å². The Balaban J connectivity index is 2.42. The molecule has 0 radical (unpaired) electrons. The molecule has 6 heteroatoms. The van der Waals surface area contributed by atoms with Crippen LogP contribution in [0.4, 0.5) is 0 Å².